The molecular formula is C26H33N3O5S. The first kappa shape index (κ1) is 26.4. The lowest BCUT2D eigenvalue weighted by Crippen LogP contribution is -2.42. The van der Waals surface area contributed by atoms with E-state index in [1.807, 2.05) is 25.1 Å². The number of ether oxygens (including phenoxy) is 1. The average Bonchev–Trinajstić information content (AvgIpc) is 3.27. The smallest absolute Gasteiger partial charge is 0.331 e. The fraction of sp³-hybridized carbons (Fsp3) is 0.462. The van der Waals surface area contributed by atoms with E-state index in [4.69, 9.17) is 4.74 Å². The van der Waals surface area contributed by atoms with Crippen molar-refractivity contribution in [2.24, 2.45) is 0 Å². The summed E-state index contributed by atoms with van der Waals surface area (Å²) in [6.07, 6.45) is 10.3. The minimum atomic E-state index is -1.05. The second-order valence-electron chi connectivity index (χ2n) is 8.46. The number of fused-ring (bicyclic) bond motifs is 1. The van der Waals surface area contributed by atoms with E-state index in [0.717, 1.165) is 36.1 Å². The molecule has 1 aliphatic rings. The predicted molar refractivity (Wildman–Crippen MR) is 136 cm³/mol. The number of allylic oxidation sites excluding steroid dienone is 1. The van der Waals surface area contributed by atoms with Gasteiger partial charge in [0.25, 0.3) is 0 Å². The third-order valence-electron chi connectivity index (χ3n) is 5.74. The average molecular weight is 500 g/mol. The number of aromatic nitrogens is 1. The number of amides is 2. The van der Waals surface area contributed by atoms with Crippen molar-refractivity contribution >= 4 is 34.3 Å². The summed E-state index contributed by atoms with van der Waals surface area (Å²) in [4.78, 5) is 43.2. The number of carbonyl (C=O) groups is 3. The Morgan fingerprint density at radius 3 is 2.86 bits per heavy atom. The van der Waals surface area contributed by atoms with Crippen molar-refractivity contribution in [3.05, 3.63) is 52.6 Å². The van der Waals surface area contributed by atoms with Gasteiger partial charge in [0.05, 0.1) is 6.61 Å². The van der Waals surface area contributed by atoms with E-state index in [-0.39, 0.29) is 11.8 Å². The summed E-state index contributed by atoms with van der Waals surface area (Å²) in [6, 6.07) is 4.41. The standard InChI is InChI=1S/C26H33N3O5S/c1-3-5-6-7-9-23(31)29-14-12-18-10-11-19(16-21(18)24(29)25(32)33)34-15-13-20-17-27-26(35-20)28-22(30)8-4-2/h7,9-11,16-17,24H,3-6,8,12-15H2,1-2H3,(H,32,33)(H,27,28,30). The topological polar surface area (TPSA) is 109 Å². The molecule has 1 aliphatic heterocycles. The lowest BCUT2D eigenvalue weighted by molar-refractivity contribution is -0.149. The van der Waals surface area contributed by atoms with Crippen LogP contribution in [0.4, 0.5) is 5.13 Å². The quantitative estimate of drug-likeness (QED) is 0.322. The Morgan fingerprint density at radius 1 is 1.29 bits per heavy atom. The van der Waals surface area contributed by atoms with Crippen LogP contribution >= 0.6 is 11.3 Å². The fourth-order valence-corrected chi connectivity index (χ4v) is 4.76. The largest absolute Gasteiger partial charge is 0.493 e. The van der Waals surface area contributed by atoms with Crippen LogP contribution < -0.4 is 10.1 Å². The fourth-order valence-electron chi connectivity index (χ4n) is 3.95. The first-order valence-corrected chi connectivity index (χ1v) is 12.9. The van der Waals surface area contributed by atoms with Gasteiger partial charge in [-0.25, -0.2) is 9.78 Å². The van der Waals surface area contributed by atoms with Gasteiger partial charge < -0.3 is 20.1 Å². The molecular weight excluding hydrogens is 466 g/mol. The van der Waals surface area contributed by atoms with Crippen molar-refractivity contribution in [2.45, 2.75) is 64.8 Å². The molecule has 0 saturated carbocycles. The van der Waals surface area contributed by atoms with Crippen molar-refractivity contribution in [3.8, 4) is 5.75 Å². The maximum Gasteiger partial charge on any atom is 0.331 e. The summed E-state index contributed by atoms with van der Waals surface area (Å²) in [5.74, 6) is -0.822. The van der Waals surface area contributed by atoms with Crippen molar-refractivity contribution in [1.82, 2.24) is 9.88 Å². The molecule has 1 aromatic carbocycles. The molecule has 1 unspecified atom stereocenters. The zero-order chi connectivity index (χ0) is 25.2. The number of hydrogen-bond acceptors (Lipinski definition) is 6. The van der Waals surface area contributed by atoms with E-state index in [1.54, 1.807) is 12.3 Å². The second-order valence-corrected chi connectivity index (χ2v) is 9.57. The number of carboxylic acids is 1. The molecule has 2 amide bonds. The molecule has 2 aromatic rings. The van der Waals surface area contributed by atoms with Gasteiger partial charge in [-0.2, -0.15) is 0 Å². The number of aliphatic carboxylic acids is 1. The third-order valence-corrected chi connectivity index (χ3v) is 6.71. The molecule has 0 aliphatic carbocycles. The summed E-state index contributed by atoms with van der Waals surface area (Å²) in [6.45, 7) is 4.78. The second kappa shape index (κ2) is 13.0. The van der Waals surface area contributed by atoms with Crippen LogP contribution in [0.1, 0.15) is 68.0 Å². The normalized spacial score (nSPS) is 15.1. The lowest BCUT2D eigenvalue weighted by Gasteiger charge is -2.34. The number of anilines is 1. The zero-order valence-corrected chi connectivity index (χ0v) is 21.1. The Balaban J connectivity index is 1.63. The molecule has 0 fully saturated rings. The molecule has 0 spiro atoms. The van der Waals surface area contributed by atoms with Crippen LogP contribution in [0.5, 0.6) is 5.75 Å². The summed E-state index contributed by atoms with van der Waals surface area (Å²) in [7, 11) is 0. The van der Waals surface area contributed by atoms with Gasteiger partial charge in [0, 0.05) is 30.5 Å². The Bertz CT molecular complexity index is 1070. The van der Waals surface area contributed by atoms with Gasteiger partial charge in [0.2, 0.25) is 11.8 Å². The van der Waals surface area contributed by atoms with Crippen LogP contribution in [0.3, 0.4) is 0 Å². The van der Waals surface area contributed by atoms with Crippen molar-refractivity contribution in [3.63, 3.8) is 0 Å². The summed E-state index contributed by atoms with van der Waals surface area (Å²) in [5, 5.41) is 13.3. The van der Waals surface area contributed by atoms with Gasteiger partial charge >= 0.3 is 5.97 Å². The maximum atomic E-state index is 12.7. The Hall–Kier alpha value is -3.20. The van der Waals surface area contributed by atoms with Gasteiger partial charge in [-0.15, -0.1) is 11.3 Å². The van der Waals surface area contributed by atoms with Crippen molar-refractivity contribution in [1.29, 1.82) is 0 Å². The van der Waals surface area contributed by atoms with E-state index in [0.29, 0.717) is 48.9 Å². The number of rotatable bonds is 12. The SMILES string of the molecule is CCCCC=CC(=O)N1CCc2ccc(OCCc3cnc(NC(=O)CCC)s3)cc2C1C(=O)O. The maximum absolute atomic E-state index is 12.7. The highest BCUT2D eigenvalue weighted by Gasteiger charge is 2.35. The highest BCUT2D eigenvalue weighted by Crippen LogP contribution is 2.33. The van der Waals surface area contributed by atoms with Crippen LogP contribution in [0.2, 0.25) is 0 Å². The molecule has 1 aromatic heterocycles. The van der Waals surface area contributed by atoms with Gasteiger partial charge in [-0.05, 0) is 48.6 Å². The van der Waals surface area contributed by atoms with E-state index in [9.17, 15) is 19.5 Å². The minimum absolute atomic E-state index is 0.0457. The number of thiazole rings is 1. The van der Waals surface area contributed by atoms with Gasteiger partial charge in [0.15, 0.2) is 11.2 Å². The molecule has 9 heteroatoms. The summed E-state index contributed by atoms with van der Waals surface area (Å²) in [5.41, 5.74) is 1.51. The molecule has 2 heterocycles. The highest BCUT2D eigenvalue weighted by atomic mass is 32.1. The molecule has 0 radical (unpaired) electrons. The molecule has 3 rings (SSSR count). The molecule has 188 valence electrons. The van der Waals surface area contributed by atoms with Crippen LogP contribution in [0.15, 0.2) is 36.5 Å². The molecule has 35 heavy (non-hydrogen) atoms. The number of unbranched alkanes of at least 4 members (excludes halogenated alkanes) is 2. The van der Waals surface area contributed by atoms with Crippen LogP contribution in [0, 0.1) is 0 Å². The minimum Gasteiger partial charge on any atom is -0.493 e. The summed E-state index contributed by atoms with van der Waals surface area (Å²) >= 11 is 1.41. The Kier molecular flexibility index (Phi) is 9.84. The number of benzene rings is 1. The monoisotopic (exact) mass is 499 g/mol. The molecule has 8 nitrogen and oxygen atoms in total. The first-order chi connectivity index (χ1) is 16.9. The van der Waals surface area contributed by atoms with E-state index >= 15 is 0 Å². The Morgan fingerprint density at radius 2 is 2.11 bits per heavy atom. The number of nitrogens with one attached hydrogen (secondary N) is 1. The van der Waals surface area contributed by atoms with E-state index in [1.165, 1.54) is 22.3 Å². The number of carbonyl (C=O) groups excluding carboxylic acids is 2. The van der Waals surface area contributed by atoms with Crippen LogP contribution in [-0.2, 0) is 27.2 Å². The number of carboxylic acid groups (broad SMARTS) is 1. The number of nitrogens with zero attached hydrogens (tertiary/aromatic N) is 2. The van der Waals surface area contributed by atoms with Crippen molar-refractivity contribution < 1.29 is 24.2 Å². The molecule has 0 saturated heterocycles. The predicted octanol–water partition coefficient (Wildman–Crippen LogP) is 4.76. The molecule has 0 bridgehead atoms. The first-order valence-electron chi connectivity index (χ1n) is 12.1. The Labute approximate surface area is 210 Å². The van der Waals surface area contributed by atoms with Gasteiger partial charge in [-0.3, -0.25) is 9.59 Å². The van der Waals surface area contributed by atoms with Gasteiger partial charge in [0.1, 0.15) is 5.75 Å². The zero-order valence-electron chi connectivity index (χ0n) is 20.3. The van der Waals surface area contributed by atoms with Crippen LogP contribution in [-0.4, -0.2) is 45.9 Å². The molecule has 1 atom stereocenters. The third kappa shape index (κ3) is 7.39. The molecule has 2 N–H and O–H groups in total. The van der Waals surface area contributed by atoms with Crippen LogP contribution in [0.25, 0.3) is 0 Å². The lowest BCUT2D eigenvalue weighted by atomic mass is 9.92. The van der Waals surface area contributed by atoms with E-state index in [2.05, 4.69) is 17.2 Å². The number of hydrogen-bond donors (Lipinski definition) is 2. The van der Waals surface area contributed by atoms with Crippen molar-refractivity contribution in [2.75, 3.05) is 18.5 Å². The van der Waals surface area contributed by atoms with Gasteiger partial charge in [-0.1, -0.05) is 38.8 Å². The van der Waals surface area contributed by atoms with E-state index < -0.39 is 12.0 Å². The summed E-state index contributed by atoms with van der Waals surface area (Å²) < 4.78 is 5.90. The highest BCUT2D eigenvalue weighted by molar-refractivity contribution is 7.15.